The smallest absolute Gasteiger partial charge is 0.103 e. The third-order valence-corrected chi connectivity index (χ3v) is 5.08. The summed E-state index contributed by atoms with van der Waals surface area (Å²) < 4.78 is 1.11. The first-order valence-corrected chi connectivity index (χ1v) is 8.23. The predicted molar refractivity (Wildman–Crippen MR) is 98.2 cm³/mol. The fourth-order valence-electron chi connectivity index (χ4n) is 2.80. The first-order valence-electron chi connectivity index (χ1n) is 7.41. The van der Waals surface area contributed by atoms with Gasteiger partial charge in [-0.15, -0.1) is 11.3 Å². The molecule has 0 aliphatic heterocycles. The van der Waals surface area contributed by atoms with Crippen LogP contribution >= 0.6 is 11.3 Å². The molecule has 112 valence electrons. The Morgan fingerprint density at radius 2 is 1.54 bits per heavy atom. The van der Waals surface area contributed by atoms with E-state index in [4.69, 9.17) is 0 Å². The summed E-state index contributed by atoms with van der Waals surface area (Å²) in [4.78, 5) is 4.05. The number of H-pyrrole nitrogens is 1. The van der Waals surface area contributed by atoms with E-state index >= 15 is 0 Å². The molecular formula is C20H11N3S. The molecule has 0 aliphatic rings. The summed E-state index contributed by atoms with van der Waals surface area (Å²) in [5.41, 5.74) is 2.41. The molecule has 0 spiro atoms. The Bertz CT molecular complexity index is 1020. The molecule has 2 aromatic carbocycles. The largest absolute Gasteiger partial charge is 0.354 e. The van der Waals surface area contributed by atoms with E-state index in [0.29, 0.717) is 16.8 Å². The van der Waals surface area contributed by atoms with E-state index in [0.717, 1.165) is 25.9 Å². The van der Waals surface area contributed by atoms with Gasteiger partial charge in [-0.05, 0) is 29.7 Å². The Balaban J connectivity index is 1.94. The second-order valence-electron chi connectivity index (χ2n) is 5.39. The summed E-state index contributed by atoms with van der Waals surface area (Å²) in [5.74, 6) is 0. The van der Waals surface area contributed by atoms with Crippen LogP contribution < -0.4 is 0 Å². The van der Waals surface area contributed by atoms with Crippen molar-refractivity contribution in [2.45, 2.75) is 0 Å². The Kier molecular flexibility index (Phi) is 3.39. The fourth-order valence-corrected chi connectivity index (χ4v) is 3.86. The quantitative estimate of drug-likeness (QED) is 0.506. The molecule has 0 aliphatic carbocycles. The van der Waals surface area contributed by atoms with E-state index in [2.05, 4.69) is 17.1 Å². The van der Waals surface area contributed by atoms with Crippen LogP contribution in [0.3, 0.4) is 0 Å². The van der Waals surface area contributed by atoms with Crippen molar-refractivity contribution in [3.63, 3.8) is 0 Å². The van der Waals surface area contributed by atoms with Gasteiger partial charge in [-0.3, -0.25) is 0 Å². The molecule has 0 radical (unpaired) electrons. The first kappa shape index (κ1) is 14.3. The van der Waals surface area contributed by atoms with Crippen LogP contribution in [-0.4, -0.2) is 4.98 Å². The number of aromatic amines is 1. The lowest BCUT2D eigenvalue weighted by atomic mass is 10.1. The molecule has 1 N–H and O–H groups in total. The molecule has 24 heavy (non-hydrogen) atoms. The van der Waals surface area contributed by atoms with Gasteiger partial charge in [-0.1, -0.05) is 36.4 Å². The van der Waals surface area contributed by atoms with Gasteiger partial charge in [-0.25, -0.2) is 0 Å². The zero-order chi connectivity index (χ0) is 16.5. The maximum absolute atomic E-state index is 9.68. The van der Waals surface area contributed by atoms with Gasteiger partial charge < -0.3 is 4.98 Å². The van der Waals surface area contributed by atoms with Gasteiger partial charge in [-0.2, -0.15) is 10.5 Å². The summed E-state index contributed by atoms with van der Waals surface area (Å²) in [6, 6.07) is 24.1. The van der Waals surface area contributed by atoms with Crippen molar-refractivity contribution in [3.05, 3.63) is 71.2 Å². The molecule has 0 atom stereocenters. The number of hydrogen-bond donors (Lipinski definition) is 1. The van der Waals surface area contributed by atoms with Crippen LogP contribution in [-0.2, 0) is 0 Å². The molecule has 2 heterocycles. The Morgan fingerprint density at radius 3 is 2.25 bits per heavy atom. The van der Waals surface area contributed by atoms with Crippen LogP contribution in [0.4, 0.5) is 0 Å². The van der Waals surface area contributed by atoms with Crippen LogP contribution in [0, 0.1) is 22.7 Å². The average molecular weight is 325 g/mol. The lowest BCUT2D eigenvalue weighted by Crippen LogP contribution is -1.87. The summed E-state index contributed by atoms with van der Waals surface area (Å²) in [6.07, 6.45) is 0. The van der Waals surface area contributed by atoms with E-state index in [1.54, 1.807) is 0 Å². The highest BCUT2D eigenvalue weighted by atomic mass is 32.1. The number of para-hydroxylation sites is 1. The van der Waals surface area contributed by atoms with Crippen LogP contribution in [0.2, 0.25) is 0 Å². The van der Waals surface area contributed by atoms with Crippen molar-refractivity contribution in [1.82, 2.24) is 4.98 Å². The number of allylic oxidation sites excluding steroid dienone is 2. The molecule has 0 saturated carbocycles. The number of aromatic nitrogens is 1. The second-order valence-corrected chi connectivity index (χ2v) is 6.48. The zero-order valence-electron chi connectivity index (χ0n) is 12.6. The minimum Gasteiger partial charge on any atom is -0.354 e. The van der Waals surface area contributed by atoms with Crippen LogP contribution in [0.15, 0.2) is 60.7 Å². The molecule has 0 unspecified atom stereocenters. The van der Waals surface area contributed by atoms with Crippen molar-refractivity contribution in [1.29, 1.82) is 10.5 Å². The van der Waals surface area contributed by atoms with Gasteiger partial charge >= 0.3 is 0 Å². The van der Waals surface area contributed by atoms with E-state index in [-0.39, 0.29) is 0 Å². The predicted octanol–water partition coefficient (Wildman–Crippen LogP) is 5.34. The number of thiophene rings is 1. The topological polar surface area (TPSA) is 63.4 Å². The van der Waals surface area contributed by atoms with Crippen LogP contribution in [0.25, 0.3) is 32.1 Å². The lowest BCUT2D eigenvalue weighted by molar-refractivity contribution is 1.40. The summed E-state index contributed by atoms with van der Waals surface area (Å²) in [6.45, 7) is 0. The average Bonchev–Trinajstić information content (AvgIpc) is 3.22. The Morgan fingerprint density at radius 1 is 0.833 bits per heavy atom. The van der Waals surface area contributed by atoms with Gasteiger partial charge in [0.1, 0.15) is 12.1 Å². The molecule has 0 saturated heterocycles. The summed E-state index contributed by atoms with van der Waals surface area (Å²) >= 11 is 1.53. The molecule has 0 fully saturated rings. The third-order valence-electron chi connectivity index (χ3n) is 3.94. The monoisotopic (exact) mass is 325 g/mol. The first-order chi connectivity index (χ1) is 11.8. The minimum atomic E-state index is 0.375. The number of nitrogens with zero attached hydrogens (tertiary/aromatic N) is 2. The molecule has 4 aromatic rings. The molecule has 2 aromatic heterocycles. The number of benzene rings is 2. The normalized spacial score (nSPS) is 11.9. The molecule has 4 heteroatoms. The highest BCUT2D eigenvalue weighted by molar-refractivity contribution is 7.20. The van der Waals surface area contributed by atoms with E-state index < -0.39 is 0 Å². The van der Waals surface area contributed by atoms with Gasteiger partial charge in [0, 0.05) is 20.5 Å². The number of hydrogen-bond acceptors (Lipinski definition) is 3. The molecule has 4 rings (SSSR count). The minimum absolute atomic E-state index is 0.375. The van der Waals surface area contributed by atoms with E-state index in [9.17, 15) is 10.5 Å². The van der Waals surface area contributed by atoms with Crippen LogP contribution in [0.1, 0.15) is 10.6 Å². The van der Waals surface area contributed by atoms with E-state index in [1.165, 1.54) is 11.3 Å². The van der Waals surface area contributed by atoms with Crippen molar-refractivity contribution >= 4 is 43.5 Å². The lowest BCUT2D eigenvalue weighted by Gasteiger charge is -1.99. The zero-order valence-corrected chi connectivity index (χ0v) is 13.4. The maximum Gasteiger partial charge on any atom is 0.103 e. The van der Waals surface area contributed by atoms with Gasteiger partial charge in [0.25, 0.3) is 0 Å². The summed E-state index contributed by atoms with van der Waals surface area (Å²) in [5, 5.41) is 21.4. The Labute approximate surface area is 142 Å². The van der Waals surface area contributed by atoms with Crippen molar-refractivity contribution in [3.8, 4) is 12.1 Å². The van der Waals surface area contributed by atoms with Crippen molar-refractivity contribution < 1.29 is 0 Å². The Hall–Kier alpha value is -3.34. The van der Waals surface area contributed by atoms with E-state index in [1.807, 2.05) is 60.7 Å². The number of fused-ring (bicyclic) bond motifs is 2. The molecule has 3 nitrogen and oxygen atoms in total. The van der Waals surface area contributed by atoms with Gasteiger partial charge in [0.2, 0.25) is 0 Å². The van der Waals surface area contributed by atoms with Crippen LogP contribution in [0.5, 0.6) is 0 Å². The fraction of sp³-hybridized carbons (Fsp3) is 0. The van der Waals surface area contributed by atoms with Gasteiger partial charge in [0.05, 0.1) is 16.8 Å². The number of nitrogens with one attached hydrogen (secondary N) is 1. The second kappa shape index (κ2) is 5.70. The summed E-state index contributed by atoms with van der Waals surface area (Å²) in [7, 11) is 0. The standard InChI is InChI=1S/C20H11N3S/c21-11-15(18-9-13-5-1-3-7-17(13)23-18)16(12-22)20-10-14-6-2-4-8-19(14)24-20/h1-10,23H. The molecule has 0 bridgehead atoms. The maximum atomic E-state index is 9.68. The number of nitriles is 2. The third kappa shape index (κ3) is 2.27. The SMILES string of the molecule is N#CC(=C(C#N)c1cc2ccccc2s1)c1cc2ccccc2[nH]1. The molecular weight excluding hydrogens is 314 g/mol. The number of rotatable bonds is 2. The van der Waals surface area contributed by atoms with Crippen molar-refractivity contribution in [2.24, 2.45) is 0 Å². The highest BCUT2D eigenvalue weighted by Gasteiger charge is 2.16. The van der Waals surface area contributed by atoms with Gasteiger partial charge in [0.15, 0.2) is 0 Å². The molecule has 0 amide bonds. The highest BCUT2D eigenvalue weighted by Crippen LogP contribution is 2.34. The van der Waals surface area contributed by atoms with Crippen molar-refractivity contribution in [2.75, 3.05) is 0 Å².